The molecule has 1 rings (SSSR count). The van der Waals surface area contributed by atoms with Crippen LogP contribution in [-0.2, 0) is 0 Å². The summed E-state index contributed by atoms with van der Waals surface area (Å²) >= 11 is 0. The van der Waals surface area contributed by atoms with Gasteiger partial charge in [-0.15, -0.1) is 0 Å². The van der Waals surface area contributed by atoms with Crippen LogP contribution in [0.15, 0.2) is 0 Å². The van der Waals surface area contributed by atoms with Gasteiger partial charge in [-0.1, -0.05) is 0 Å². The predicted octanol–water partition coefficient (Wildman–Crippen LogP) is 0.651. The van der Waals surface area contributed by atoms with E-state index < -0.39 is 29.9 Å². The van der Waals surface area contributed by atoms with Gasteiger partial charge in [0.05, 0.1) is 12.1 Å². The maximum atomic E-state index is 11.2. The van der Waals surface area contributed by atoms with Gasteiger partial charge >= 0.3 is 6.09 Å². The Kier molecular flexibility index (Phi) is 2.98. The number of carboxylic acid groups (broad SMARTS) is 1. The van der Waals surface area contributed by atoms with Gasteiger partial charge in [-0.05, 0) is 33.6 Å². The largest absolute Gasteiger partial charge is 0.465 e. The summed E-state index contributed by atoms with van der Waals surface area (Å²) in [5.74, 6) is 0. The minimum Gasteiger partial charge on any atom is -0.465 e. The first-order valence-corrected chi connectivity index (χ1v) is 5.08. The van der Waals surface area contributed by atoms with E-state index in [4.69, 9.17) is 10.2 Å². The molecular formula is C10H19NO4. The van der Waals surface area contributed by atoms with E-state index in [0.29, 0.717) is 12.8 Å². The van der Waals surface area contributed by atoms with Crippen LogP contribution in [0.3, 0.4) is 0 Å². The Hall–Kier alpha value is -0.810. The zero-order valence-corrected chi connectivity index (χ0v) is 9.40. The molecule has 3 N–H and O–H groups in total. The van der Waals surface area contributed by atoms with E-state index in [1.54, 1.807) is 20.8 Å². The van der Waals surface area contributed by atoms with E-state index >= 15 is 0 Å². The minimum absolute atomic E-state index is 0.403. The molecule has 1 amide bonds. The molecule has 1 saturated carbocycles. The highest BCUT2D eigenvalue weighted by molar-refractivity contribution is 5.68. The molecule has 5 heteroatoms. The van der Waals surface area contributed by atoms with Gasteiger partial charge in [0.25, 0.3) is 0 Å². The van der Waals surface area contributed by atoms with Gasteiger partial charge in [-0.2, -0.15) is 0 Å². The lowest BCUT2D eigenvalue weighted by Crippen LogP contribution is -2.58. The maximum absolute atomic E-state index is 11.2. The zero-order chi connectivity index (χ0) is 11.9. The van der Waals surface area contributed by atoms with Crippen molar-refractivity contribution < 1.29 is 20.1 Å². The van der Waals surface area contributed by atoms with Crippen molar-refractivity contribution in [1.29, 1.82) is 0 Å². The third-order valence-corrected chi connectivity index (χ3v) is 2.86. The molecule has 1 atom stereocenters. The van der Waals surface area contributed by atoms with Crippen molar-refractivity contribution >= 4 is 6.09 Å². The predicted molar refractivity (Wildman–Crippen MR) is 54.7 cm³/mol. The van der Waals surface area contributed by atoms with E-state index in [9.17, 15) is 9.90 Å². The smallest absolute Gasteiger partial charge is 0.408 e. The number of nitrogens with zero attached hydrogens (tertiary/aromatic N) is 1. The monoisotopic (exact) mass is 217 g/mol. The highest BCUT2D eigenvalue weighted by Crippen LogP contribution is 2.47. The lowest BCUT2D eigenvalue weighted by molar-refractivity contribution is -0.0286. The summed E-state index contributed by atoms with van der Waals surface area (Å²) in [6.45, 7) is 4.95. The van der Waals surface area contributed by atoms with Crippen molar-refractivity contribution in [3.05, 3.63) is 0 Å². The minimum atomic E-state index is -1.05. The van der Waals surface area contributed by atoms with Crippen LogP contribution in [0.5, 0.6) is 0 Å². The molecule has 1 aliphatic rings. The quantitative estimate of drug-likeness (QED) is 0.648. The Balaban J connectivity index is 2.96. The van der Waals surface area contributed by atoms with Gasteiger partial charge in [0.2, 0.25) is 0 Å². The summed E-state index contributed by atoms with van der Waals surface area (Å²) < 4.78 is 0. The van der Waals surface area contributed by atoms with Crippen molar-refractivity contribution in [2.45, 2.75) is 50.8 Å². The first-order chi connectivity index (χ1) is 6.75. The van der Waals surface area contributed by atoms with Gasteiger partial charge in [0.1, 0.15) is 6.10 Å². The van der Waals surface area contributed by atoms with Crippen molar-refractivity contribution in [1.82, 2.24) is 4.90 Å². The fourth-order valence-corrected chi connectivity index (χ4v) is 2.15. The van der Waals surface area contributed by atoms with Crippen LogP contribution < -0.4 is 0 Å². The third kappa shape index (κ3) is 2.08. The molecule has 1 aliphatic carbocycles. The lowest BCUT2D eigenvalue weighted by Gasteiger charge is -2.42. The molecule has 1 fully saturated rings. The molecule has 0 aromatic rings. The molecule has 0 heterocycles. The summed E-state index contributed by atoms with van der Waals surface area (Å²) in [5.41, 5.74) is -1.35. The number of carbonyl (C=O) groups is 1. The molecule has 0 spiro atoms. The van der Waals surface area contributed by atoms with Crippen LogP contribution >= 0.6 is 0 Å². The standard InChI is InChI=1S/C10H19NO4/c1-9(2,3)11(8(14)15)10(4-5-10)7(13)6-12/h7,12-13H,4-6H2,1-3H3,(H,14,15). The lowest BCUT2D eigenvalue weighted by atomic mass is 9.98. The first kappa shape index (κ1) is 12.3. The Morgan fingerprint density at radius 1 is 1.47 bits per heavy atom. The van der Waals surface area contributed by atoms with Crippen LogP contribution in [0.1, 0.15) is 33.6 Å². The van der Waals surface area contributed by atoms with Crippen LogP contribution in [0.4, 0.5) is 4.79 Å². The highest BCUT2D eigenvalue weighted by atomic mass is 16.4. The molecule has 88 valence electrons. The fraction of sp³-hybridized carbons (Fsp3) is 0.900. The summed E-state index contributed by atoms with van der Waals surface area (Å²) in [6.07, 6.45) is -0.823. The molecule has 0 aromatic heterocycles. The summed E-state index contributed by atoms with van der Waals surface area (Å²) in [6, 6.07) is 0. The second-order valence-electron chi connectivity index (χ2n) is 5.09. The van der Waals surface area contributed by atoms with E-state index in [0.717, 1.165) is 0 Å². The second-order valence-corrected chi connectivity index (χ2v) is 5.09. The summed E-state index contributed by atoms with van der Waals surface area (Å²) in [7, 11) is 0. The maximum Gasteiger partial charge on any atom is 0.408 e. The van der Waals surface area contributed by atoms with Gasteiger partial charge < -0.3 is 15.3 Å². The second kappa shape index (κ2) is 3.64. The van der Waals surface area contributed by atoms with E-state index in [-0.39, 0.29) is 0 Å². The molecule has 0 aliphatic heterocycles. The number of amides is 1. The fourth-order valence-electron chi connectivity index (χ4n) is 2.15. The van der Waals surface area contributed by atoms with Crippen LogP contribution in [0.2, 0.25) is 0 Å². The number of aliphatic hydroxyl groups excluding tert-OH is 2. The van der Waals surface area contributed by atoms with Crippen molar-refractivity contribution in [2.75, 3.05) is 6.61 Å². The Morgan fingerprint density at radius 3 is 2.13 bits per heavy atom. The molecule has 15 heavy (non-hydrogen) atoms. The molecule has 0 aromatic carbocycles. The van der Waals surface area contributed by atoms with E-state index in [1.807, 2.05) is 0 Å². The van der Waals surface area contributed by atoms with Gasteiger partial charge in [0, 0.05) is 5.54 Å². The van der Waals surface area contributed by atoms with Crippen LogP contribution in [0, 0.1) is 0 Å². The normalized spacial score (nSPS) is 20.9. The Bertz CT molecular complexity index is 255. The SMILES string of the molecule is CC(C)(C)N(C(=O)O)C1(C(O)CO)CC1. The van der Waals surface area contributed by atoms with Crippen molar-refractivity contribution in [2.24, 2.45) is 0 Å². The summed E-state index contributed by atoms with van der Waals surface area (Å²) in [5, 5.41) is 27.8. The van der Waals surface area contributed by atoms with E-state index in [2.05, 4.69) is 0 Å². The molecule has 0 radical (unpaired) electrons. The van der Waals surface area contributed by atoms with Gasteiger partial charge in [-0.25, -0.2) is 4.79 Å². The number of rotatable bonds is 3. The Morgan fingerprint density at radius 2 is 1.93 bits per heavy atom. The number of hydrogen-bond donors (Lipinski definition) is 3. The Labute approximate surface area is 89.3 Å². The van der Waals surface area contributed by atoms with Crippen LogP contribution in [-0.4, -0.2) is 50.1 Å². The average molecular weight is 217 g/mol. The molecule has 0 bridgehead atoms. The highest BCUT2D eigenvalue weighted by Gasteiger charge is 2.58. The molecular weight excluding hydrogens is 198 g/mol. The number of aliphatic hydroxyl groups is 2. The third-order valence-electron chi connectivity index (χ3n) is 2.86. The molecule has 5 nitrogen and oxygen atoms in total. The zero-order valence-electron chi connectivity index (χ0n) is 9.40. The van der Waals surface area contributed by atoms with Gasteiger partial charge in [0.15, 0.2) is 0 Å². The topological polar surface area (TPSA) is 81.0 Å². The number of hydrogen-bond acceptors (Lipinski definition) is 3. The van der Waals surface area contributed by atoms with Crippen molar-refractivity contribution in [3.63, 3.8) is 0 Å². The van der Waals surface area contributed by atoms with Crippen LogP contribution in [0.25, 0.3) is 0 Å². The van der Waals surface area contributed by atoms with Gasteiger partial charge in [-0.3, -0.25) is 4.90 Å². The average Bonchev–Trinajstić information content (AvgIpc) is 2.81. The first-order valence-electron chi connectivity index (χ1n) is 5.08. The van der Waals surface area contributed by atoms with E-state index in [1.165, 1.54) is 4.90 Å². The molecule has 0 saturated heterocycles. The summed E-state index contributed by atoms with van der Waals surface area (Å²) in [4.78, 5) is 12.5. The van der Waals surface area contributed by atoms with Crippen molar-refractivity contribution in [3.8, 4) is 0 Å². The molecule has 1 unspecified atom stereocenters.